The predicted octanol–water partition coefficient (Wildman–Crippen LogP) is 7.15. The van der Waals surface area contributed by atoms with Crippen LogP contribution in [0.2, 0.25) is 18.1 Å². The number of nitro benzene ring substituents is 3. The molecule has 0 amide bonds. The van der Waals surface area contributed by atoms with Gasteiger partial charge in [-0.05, 0) is 66.6 Å². The zero-order valence-electron chi connectivity index (χ0n) is 37.0. The molecule has 0 unspecified atom stereocenters. The van der Waals surface area contributed by atoms with Crippen molar-refractivity contribution in [1.29, 1.82) is 0 Å². The van der Waals surface area contributed by atoms with Gasteiger partial charge in [0.2, 0.25) is 0 Å². The highest BCUT2D eigenvalue weighted by Gasteiger charge is 2.17. The predicted molar refractivity (Wildman–Crippen MR) is 240 cm³/mol. The number of nitro groups is 3. The fourth-order valence-corrected chi connectivity index (χ4v) is 6.40. The van der Waals surface area contributed by atoms with E-state index in [1.54, 1.807) is 32.2 Å². The Bertz CT molecular complexity index is 1910. The molecule has 0 aliphatic heterocycles. The summed E-state index contributed by atoms with van der Waals surface area (Å²) in [6.07, 6.45) is -0.139. The number of anilines is 1. The van der Waals surface area contributed by atoms with Gasteiger partial charge in [-0.1, -0.05) is 45.0 Å². The number of rotatable bonds is 14. The molecule has 0 aromatic heterocycles. The maximum absolute atomic E-state index is 10.4. The lowest BCUT2D eigenvalue weighted by atomic mass is 10.2. The van der Waals surface area contributed by atoms with Crippen molar-refractivity contribution in [3.05, 3.63) is 125 Å². The second kappa shape index (κ2) is 36.4. The molecule has 0 fully saturated rings. The van der Waals surface area contributed by atoms with Crippen molar-refractivity contribution in [3.8, 4) is 23.0 Å². The molecule has 21 nitrogen and oxygen atoms in total. The van der Waals surface area contributed by atoms with E-state index < -0.39 is 38.2 Å². The molecule has 0 radical (unpaired) electrons. The van der Waals surface area contributed by atoms with Gasteiger partial charge in [0.05, 0.1) is 33.7 Å². The maximum atomic E-state index is 10.4. The molecule has 63 heavy (non-hydrogen) atoms. The van der Waals surface area contributed by atoms with E-state index in [-0.39, 0.29) is 43.8 Å². The Hall–Kier alpha value is -6.27. The van der Waals surface area contributed by atoms with Crippen molar-refractivity contribution in [2.45, 2.75) is 65.3 Å². The van der Waals surface area contributed by atoms with Crippen LogP contribution in [0.5, 0.6) is 23.0 Å². The first-order chi connectivity index (χ1) is 29.9. The molecule has 4 aromatic rings. The highest BCUT2D eigenvalue weighted by Crippen LogP contribution is 2.30. The first-order valence-corrected chi connectivity index (χ1v) is 21.4. The van der Waals surface area contributed by atoms with Crippen LogP contribution in [0, 0.1) is 30.3 Å². The summed E-state index contributed by atoms with van der Waals surface area (Å²) in [4.78, 5) is 39.1. The summed E-state index contributed by atoms with van der Waals surface area (Å²) in [7, 11) is 6.82. The number of nitrogens with zero attached hydrogens (tertiary/aromatic N) is 3. The molecule has 0 saturated heterocycles. The van der Waals surface area contributed by atoms with Gasteiger partial charge in [-0.25, -0.2) is 0 Å². The average molecular weight is 911 g/mol. The normalized spacial score (nSPS) is 9.60. The highest BCUT2D eigenvalue weighted by molar-refractivity contribution is 6.58. The number of carbonyl (C=O) groups is 1. The number of phenolic OH excluding ortho intramolecular Hbond substituents is 4. The summed E-state index contributed by atoms with van der Waals surface area (Å²) in [6.45, 7) is 9.72. The van der Waals surface area contributed by atoms with E-state index in [0.29, 0.717) is 36.3 Å². The molecule has 4 aromatic carbocycles. The third-order valence-corrected chi connectivity index (χ3v) is 11.4. The van der Waals surface area contributed by atoms with Gasteiger partial charge in [0.1, 0.15) is 12.0 Å². The molecule has 22 heteroatoms. The van der Waals surface area contributed by atoms with E-state index in [1.165, 1.54) is 75.9 Å². The molecule has 4 rings (SSSR count). The van der Waals surface area contributed by atoms with Gasteiger partial charge in [-0.2, -0.15) is 0 Å². The lowest BCUT2D eigenvalue weighted by Crippen LogP contribution is -2.04. The van der Waals surface area contributed by atoms with Crippen molar-refractivity contribution in [2.24, 2.45) is 0 Å². The number of aldehydes is 1. The molecule has 352 valence electrons. The summed E-state index contributed by atoms with van der Waals surface area (Å²) < 4.78 is 19.5. The second-order valence-corrected chi connectivity index (χ2v) is 16.4. The van der Waals surface area contributed by atoms with Gasteiger partial charge in [-0.3, -0.25) is 35.1 Å². The number of nitrogen functional groups attached to an aromatic ring is 1. The van der Waals surface area contributed by atoms with Gasteiger partial charge in [0, 0.05) is 80.3 Å². The van der Waals surface area contributed by atoms with Gasteiger partial charge in [-0.15, -0.1) is 0 Å². The largest absolute Gasteiger partial charge is 0.506 e. The number of benzene rings is 4. The number of methoxy groups -OCH3 is 4. The Balaban J connectivity index is -0.000000706. The zero-order chi connectivity index (χ0) is 49.1. The molecule has 0 saturated carbocycles. The molecule has 0 spiro atoms. The van der Waals surface area contributed by atoms with E-state index in [9.17, 15) is 45.4 Å². The first kappa shape index (κ1) is 61.0. The van der Waals surface area contributed by atoms with E-state index in [0.717, 1.165) is 24.8 Å². The van der Waals surface area contributed by atoms with Crippen molar-refractivity contribution in [2.75, 3.05) is 47.9 Å². The van der Waals surface area contributed by atoms with Gasteiger partial charge in [0.15, 0.2) is 23.5 Å². The fourth-order valence-electron chi connectivity index (χ4n) is 4.67. The third kappa shape index (κ3) is 25.3. The van der Waals surface area contributed by atoms with Gasteiger partial charge < -0.3 is 55.3 Å². The van der Waals surface area contributed by atoms with Crippen LogP contribution in [-0.2, 0) is 32.2 Å². The quantitative estimate of drug-likeness (QED) is 0.0125. The SMILES string of the molecule is CCO.CC[SiH](CC)CC.CO.COC(OC)c1ccc([N+](=O)[O-])c(O)c1.COCc1ccc(N)c(O)c1.COCc1ccc([N+](=O)[O-])c(O)c1.O=Cc1ccc([N+](=O)[O-])c(O)c1. The van der Waals surface area contributed by atoms with Crippen molar-refractivity contribution < 1.29 is 69.2 Å². The summed E-state index contributed by atoms with van der Waals surface area (Å²) in [5.41, 5.74) is 7.09. The summed E-state index contributed by atoms with van der Waals surface area (Å²) >= 11 is 0. The number of carbonyl (C=O) groups excluding carboxylic acids is 1. The minimum atomic E-state index is -0.718. The second-order valence-electron chi connectivity index (χ2n) is 12.2. The van der Waals surface area contributed by atoms with Crippen molar-refractivity contribution >= 4 is 37.8 Å². The molecule has 0 atom stereocenters. The standard InChI is InChI=1S/C9H11NO5.C8H9NO4.C8H11NO2.C7H5NO4.C6H16Si.C2H6O.CH4O/c1-14-9(15-2)6-3-4-7(10(12)13)8(11)5-6;1-13-5-6-2-3-7(9(11)12)8(10)4-6;1-11-5-6-2-3-7(9)8(10)4-6;9-4-5-1-2-6(8(11)12)7(10)3-5;1-4-7(5-2)6-3;1-2-3;1-2/h3-5,9,11H,1-2H3;2-4,10H,5H2,1H3;2-4,10H,5,9H2,1H3;1-4,10H;7H,4-6H2,1-3H3;3H,2H2,1H3;2H,1H3. The number of aliphatic hydroxyl groups excluding tert-OH is 2. The highest BCUT2D eigenvalue weighted by atomic mass is 28.3. The van der Waals surface area contributed by atoms with E-state index in [2.05, 4.69) is 20.8 Å². The van der Waals surface area contributed by atoms with Crippen LogP contribution in [0.15, 0.2) is 72.8 Å². The number of aromatic hydroxyl groups is 4. The monoisotopic (exact) mass is 910 g/mol. The summed E-state index contributed by atoms with van der Waals surface area (Å²) in [6, 6.07) is 21.0. The Morgan fingerprint density at radius 1 is 0.619 bits per heavy atom. The number of nitrogens with two attached hydrogens (primary N) is 1. The molecule has 0 bridgehead atoms. The van der Waals surface area contributed by atoms with Crippen molar-refractivity contribution in [1.82, 2.24) is 0 Å². The topological polar surface area (TPSA) is 331 Å². The Labute approximate surface area is 367 Å². The summed E-state index contributed by atoms with van der Waals surface area (Å²) in [5.74, 6) is -1.12. The molecular formula is C41H62N4O17Si. The zero-order valence-corrected chi connectivity index (χ0v) is 38.2. The Morgan fingerprint density at radius 2 is 0.984 bits per heavy atom. The van der Waals surface area contributed by atoms with Crippen LogP contribution >= 0.6 is 0 Å². The molecule has 0 heterocycles. The number of hydrogen-bond donors (Lipinski definition) is 7. The number of hydrogen-bond acceptors (Lipinski definition) is 18. The average Bonchev–Trinajstić information content (AvgIpc) is 3.25. The minimum absolute atomic E-state index is 0.111. The third-order valence-electron chi connectivity index (χ3n) is 7.91. The smallest absolute Gasteiger partial charge is 0.310 e. The van der Waals surface area contributed by atoms with Crippen LogP contribution in [0.1, 0.15) is 61.0 Å². The molecule has 8 N–H and O–H groups in total. The van der Waals surface area contributed by atoms with E-state index in [4.69, 9.17) is 45.1 Å². The van der Waals surface area contributed by atoms with Crippen LogP contribution < -0.4 is 5.73 Å². The first-order valence-electron chi connectivity index (χ1n) is 18.9. The number of ether oxygens (including phenoxy) is 4. The Morgan fingerprint density at radius 3 is 1.29 bits per heavy atom. The van der Waals surface area contributed by atoms with E-state index in [1.807, 2.05) is 6.07 Å². The van der Waals surface area contributed by atoms with Crippen LogP contribution in [0.25, 0.3) is 0 Å². The summed E-state index contributed by atoms with van der Waals surface area (Å²) in [5, 5.41) is 82.2. The van der Waals surface area contributed by atoms with Crippen LogP contribution in [0.3, 0.4) is 0 Å². The molecule has 0 aliphatic rings. The van der Waals surface area contributed by atoms with Crippen LogP contribution in [0.4, 0.5) is 22.7 Å². The van der Waals surface area contributed by atoms with Gasteiger partial charge in [0.25, 0.3) is 0 Å². The van der Waals surface area contributed by atoms with Gasteiger partial charge >= 0.3 is 17.1 Å². The van der Waals surface area contributed by atoms with Crippen LogP contribution in [-0.4, -0.2) is 103 Å². The number of aliphatic hydroxyl groups is 2. The molecular weight excluding hydrogens is 849 g/mol. The number of phenols is 4. The lowest BCUT2D eigenvalue weighted by Gasteiger charge is -2.13. The fraction of sp³-hybridized carbons (Fsp3) is 0.390. The maximum Gasteiger partial charge on any atom is 0.310 e. The molecule has 0 aliphatic carbocycles. The van der Waals surface area contributed by atoms with Crippen molar-refractivity contribution in [3.63, 3.8) is 0 Å². The Kier molecular flexibility index (Phi) is 35.2. The van der Waals surface area contributed by atoms with E-state index >= 15 is 0 Å². The minimum Gasteiger partial charge on any atom is -0.506 e. The lowest BCUT2D eigenvalue weighted by molar-refractivity contribution is -0.386.